The Morgan fingerprint density at radius 2 is 2.30 bits per heavy atom. The standard InChI is InChI=1S/C13H17N3O2S2/c1-9-5-14-11(20-9)6-15-12(17)16-8-13(2,18)10-3-4-19-7-10/h3-5,7,18H,6,8H2,1-2H3,(H2,15,16,17). The van der Waals surface area contributed by atoms with Gasteiger partial charge in [-0.2, -0.15) is 11.3 Å². The lowest BCUT2D eigenvalue weighted by atomic mass is 9.99. The lowest BCUT2D eigenvalue weighted by Crippen LogP contribution is -2.43. The third-order valence-corrected chi connectivity index (χ3v) is 4.40. The Morgan fingerprint density at radius 1 is 1.50 bits per heavy atom. The van der Waals surface area contributed by atoms with Crippen LogP contribution >= 0.6 is 22.7 Å². The third-order valence-electron chi connectivity index (χ3n) is 2.81. The molecule has 1 atom stereocenters. The van der Waals surface area contributed by atoms with Crippen LogP contribution in [0.4, 0.5) is 4.79 Å². The van der Waals surface area contributed by atoms with E-state index < -0.39 is 5.60 Å². The molecular weight excluding hydrogens is 294 g/mol. The number of urea groups is 1. The molecule has 0 bridgehead atoms. The topological polar surface area (TPSA) is 74.2 Å². The van der Waals surface area contributed by atoms with Crippen molar-refractivity contribution in [2.45, 2.75) is 26.0 Å². The van der Waals surface area contributed by atoms with E-state index in [0.717, 1.165) is 15.4 Å². The molecule has 7 heteroatoms. The zero-order valence-corrected chi connectivity index (χ0v) is 13.0. The Balaban J connectivity index is 1.77. The summed E-state index contributed by atoms with van der Waals surface area (Å²) in [6, 6.07) is 1.54. The van der Waals surface area contributed by atoms with Crippen molar-refractivity contribution in [1.82, 2.24) is 15.6 Å². The Kier molecular flexibility index (Phi) is 4.74. The molecule has 0 aliphatic heterocycles. The van der Waals surface area contributed by atoms with Crippen LogP contribution in [0.1, 0.15) is 22.4 Å². The molecule has 0 spiro atoms. The van der Waals surface area contributed by atoms with Crippen molar-refractivity contribution in [3.8, 4) is 0 Å². The van der Waals surface area contributed by atoms with Gasteiger partial charge in [0.05, 0.1) is 13.1 Å². The maximum Gasteiger partial charge on any atom is 0.315 e. The second-order valence-corrected chi connectivity index (χ2v) is 6.79. The number of nitrogens with one attached hydrogen (secondary N) is 2. The molecule has 0 saturated carbocycles. The van der Waals surface area contributed by atoms with E-state index in [2.05, 4.69) is 15.6 Å². The largest absolute Gasteiger partial charge is 0.384 e. The van der Waals surface area contributed by atoms with Crippen LogP contribution in [0, 0.1) is 6.92 Å². The first-order chi connectivity index (χ1) is 9.47. The fourth-order valence-corrected chi connectivity index (χ4v) is 3.14. The van der Waals surface area contributed by atoms with E-state index in [1.807, 2.05) is 23.8 Å². The van der Waals surface area contributed by atoms with E-state index in [4.69, 9.17) is 0 Å². The second kappa shape index (κ2) is 6.34. The molecule has 2 heterocycles. The fraction of sp³-hybridized carbons (Fsp3) is 0.385. The van der Waals surface area contributed by atoms with Gasteiger partial charge in [0.15, 0.2) is 0 Å². The van der Waals surface area contributed by atoms with Gasteiger partial charge in [-0.1, -0.05) is 0 Å². The molecule has 1 unspecified atom stereocenters. The van der Waals surface area contributed by atoms with E-state index >= 15 is 0 Å². The molecular formula is C13H17N3O2S2. The minimum Gasteiger partial charge on any atom is -0.384 e. The average molecular weight is 311 g/mol. The van der Waals surface area contributed by atoms with Gasteiger partial charge in [-0.05, 0) is 36.2 Å². The van der Waals surface area contributed by atoms with Crippen molar-refractivity contribution in [2.75, 3.05) is 6.54 Å². The van der Waals surface area contributed by atoms with Gasteiger partial charge in [-0.15, -0.1) is 11.3 Å². The number of aryl methyl sites for hydroxylation is 1. The van der Waals surface area contributed by atoms with Gasteiger partial charge < -0.3 is 15.7 Å². The van der Waals surface area contributed by atoms with Crippen molar-refractivity contribution in [3.05, 3.63) is 38.5 Å². The van der Waals surface area contributed by atoms with Gasteiger partial charge >= 0.3 is 6.03 Å². The maximum atomic E-state index is 11.7. The molecule has 2 aromatic heterocycles. The van der Waals surface area contributed by atoms with Gasteiger partial charge in [0.2, 0.25) is 0 Å². The highest BCUT2D eigenvalue weighted by molar-refractivity contribution is 7.11. The second-order valence-electron chi connectivity index (χ2n) is 4.69. The summed E-state index contributed by atoms with van der Waals surface area (Å²) in [5.74, 6) is 0. The minimum atomic E-state index is -1.06. The zero-order valence-electron chi connectivity index (χ0n) is 11.3. The fourth-order valence-electron chi connectivity index (χ4n) is 1.63. The average Bonchev–Trinajstić information content (AvgIpc) is 3.05. The minimum absolute atomic E-state index is 0.159. The van der Waals surface area contributed by atoms with E-state index in [-0.39, 0.29) is 12.6 Å². The SMILES string of the molecule is Cc1cnc(CNC(=O)NCC(C)(O)c2ccsc2)s1. The number of carbonyl (C=O) groups is 1. The number of rotatable bonds is 5. The van der Waals surface area contributed by atoms with Gasteiger partial charge in [-0.3, -0.25) is 0 Å². The lowest BCUT2D eigenvalue weighted by molar-refractivity contribution is 0.0598. The highest BCUT2D eigenvalue weighted by atomic mass is 32.1. The van der Waals surface area contributed by atoms with E-state index in [9.17, 15) is 9.90 Å². The normalized spacial score (nSPS) is 13.8. The molecule has 2 amide bonds. The van der Waals surface area contributed by atoms with E-state index in [1.165, 1.54) is 11.3 Å². The Hall–Kier alpha value is -1.44. The van der Waals surface area contributed by atoms with Crippen LogP contribution in [0.15, 0.2) is 23.0 Å². The summed E-state index contributed by atoms with van der Waals surface area (Å²) in [5, 5.41) is 20.3. The number of aliphatic hydroxyl groups is 1. The molecule has 2 rings (SSSR count). The number of carbonyl (C=O) groups excluding carboxylic acids is 1. The molecule has 0 aliphatic rings. The Morgan fingerprint density at radius 3 is 2.90 bits per heavy atom. The lowest BCUT2D eigenvalue weighted by Gasteiger charge is -2.22. The van der Waals surface area contributed by atoms with Gasteiger partial charge in [0.1, 0.15) is 10.6 Å². The van der Waals surface area contributed by atoms with E-state index in [0.29, 0.717) is 6.54 Å². The summed E-state index contributed by atoms with van der Waals surface area (Å²) < 4.78 is 0. The molecule has 2 aromatic rings. The first-order valence-electron chi connectivity index (χ1n) is 6.15. The predicted octanol–water partition coefficient (Wildman–Crippen LogP) is 2.22. The zero-order chi connectivity index (χ0) is 14.6. The summed E-state index contributed by atoms with van der Waals surface area (Å²) in [4.78, 5) is 17.0. The van der Waals surface area contributed by atoms with Crippen LogP contribution in [0.25, 0.3) is 0 Å². The molecule has 0 saturated heterocycles. The molecule has 108 valence electrons. The van der Waals surface area contributed by atoms with Crippen LogP contribution in [0.3, 0.4) is 0 Å². The molecule has 20 heavy (non-hydrogen) atoms. The number of thiazole rings is 1. The summed E-state index contributed by atoms with van der Waals surface area (Å²) in [6.45, 7) is 4.20. The van der Waals surface area contributed by atoms with Crippen molar-refractivity contribution in [1.29, 1.82) is 0 Å². The summed E-state index contributed by atoms with van der Waals surface area (Å²) in [5.41, 5.74) is -0.256. The van der Waals surface area contributed by atoms with Crippen molar-refractivity contribution in [3.63, 3.8) is 0 Å². The van der Waals surface area contributed by atoms with Gasteiger partial charge in [0.25, 0.3) is 0 Å². The van der Waals surface area contributed by atoms with Crippen LogP contribution in [0.2, 0.25) is 0 Å². The quantitative estimate of drug-likeness (QED) is 0.792. The van der Waals surface area contributed by atoms with Crippen molar-refractivity contribution in [2.24, 2.45) is 0 Å². The number of hydrogen-bond donors (Lipinski definition) is 3. The molecule has 0 aromatic carbocycles. The Labute approximate surface area is 125 Å². The number of nitrogens with zero attached hydrogens (tertiary/aromatic N) is 1. The predicted molar refractivity (Wildman–Crippen MR) is 81.0 cm³/mol. The smallest absolute Gasteiger partial charge is 0.315 e. The van der Waals surface area contributed by atoms with Crippen LogP contribution in [-0.2, 0) is 12.1 Å². The number of thiophene rings is 1. The monoisotopic (exact) mass is 311 g/mol. The highest BCUT2D eigenvalue weighted by Gasteiger charge is 2.24. The Bertz CT molecular complexity index is 564. The van der Waals surface area contributed by atoms with Crippen LogP contribution in [-0.4, -0.2) is 22.7 Å². The number of amides is 2. The number of aromatic nitrogens is 1. The number of hydrogen-bond acceptors (Lipinski definition) is 5. The summed E-state index contributed by atoms with van der Waals surface area (Å²) >= 11 is 3.07. The maximum absolute atomic E-state index is 11.7. The highest BCUT2D eigenvalue weighted by Crippen LogP contribution is 2.21. The molecule has 0 radical (unpaired) electrons. The van der Waals surface area contributed by atoms with Gasteiger partial charge in [-0.25, -0.2) is 9.78 Å². The van der Waals surface area contributed by atoms with Gasteiger partial charge in [0, 0.05) is 11.1 Å². The first kappa shape index (κ1) is 15.0. The van der Waals surface area contributed by atoms with Crippen molar-refractivity contribution >= 4 is 28.7 Å². The summed E-state index contributed by atoms with van der Waals surface area (Å²) in [6.07, 6.45) is 1.78. The third kappa shape index (κ3) is 4.03. The van der Waals surface area contributed by atoms with Crippen LogP contribution in [0.5, 0.6) is 0 Å². The molecule has 5 nitrogen and oxygen atoms in total. The van der Waals surface area contributed by atoms with E-state index in [1.54, 1.807) is 24.5 Å². The van der Waals surface area contributed by atoms with Crippen molar-refractivity contribution < 1.29 is 9.90 Å². The first-order valence-corrected chi connectivity index (χ1v) is 7.91. The summed E-state index contributed by atoms with van der Waals surface area (Å²) in [7, 11) is 0. The van der Waals surface area contributed by atoms with Crippen LogP contribution < -0.4 is 10.6 Å². The molecule has 3 N–H and O–H groups in total. The molecule has 0 aliphatic carbocycles. The molecule has 0 fully saturated rings.